The highest BCUT2D eigenvalue weighted by Gasteiger charge is 2.21. The maximum atomic E-state index is 15.1. The molecule has 4 N–H and O–H groups in total. The average molecular weight is 540 g/mol. The van der Waals surface area contributed by atoms with Gasteiger partial charge >= 0.3 is 5.69 Å². The summed E-state index contributed by atoms with van der Waals surface area (Å²) in [5, 5.41) is 22.3. The number of nitrogens with one attached hydrogen (secondary N) is 3. The molecule has 0 saturated heterocycles. The number of hydrogen-bond donors (Lipinski definition) is 4. The van der Waals surface area contributed by atoms with Crippen molar-refractivity contribution in [1.29, 1.82) is 0 Å². The van der Waals surface area contributed by atoms with E-state index in [1.807, 2.05) is 0 Å². The van der Waals surface area contributed by atoms with Gasteiger partial charge < -0.3 is 20.5 Å². The van der Waals surface area contributed by atoms with Crippen LogP contribution in [0.1, 0.15) is 57.1 Å². The van der Waals surface area contributed by atoms with Crippen LogP contribution in [0, 0.1) is 5.82 Å². The average Bonchev–Trinajstić information content (AvgIpc) is 3.28. The third kappa shape index (κ3) is 5.53. The fourth-order valence-corrected chi connectivity index (χ4v) is 3.94. The Hall–Kier alpha value is -4.52. The van der Waals surface area contributed by atoms with Crippen LogP contribution >= 0.6 is 0 Å². The van der Waals surface area contributed by atoms with Gasteiger partial charge in [-0.2, -0.15) is 5.10 Å². The molecule has 0 spiro atoms. The lowest BCUT2D eigenvalue weighted by Crippen LogP contribution is -2.44. The molecular formula is C26H30FN7O5. The fraction of sp³-hybridized carbons (Fsp3) is 0.346. The Morgan fingerprint density at radius 2 is 1.87 bits per heavy atom. The van der Waals surface area contributed by atoms with Gasteiger partial charge in [0, 0.05) is 48.3 Å². The Balaban J connectivity index is 1.61. The first-order valence-corrected chi connectivity index (χ1v) is 12.4. The number of rotatable bonds is 9. The summed E-state index contributed by atoms with van der Waals surface area (Å²) in [6.07, 6.45) is 2.70. The van der Waals surface area contributed by atoms with Gasteiger partial charge in [0.2, 0.25) is 0 Å². The van der Waals surface area contributed by atoms with Crippen LogP contribution in [0.15, 0.2) is 46.2 Å². The Bertz CT molecular complexity index is 1640. The number of aliphatic hydroxyl groups is 1. The first-order valence-electron chi connectivity index (χ1n) is 12.4. The number of carbonyl (C=O) groups excluding carboxylic acids is 1. The maximum absolute atomic E-state index is 15.1. The number of fused-ring (bicyclic) bond motifs is 1. The largest absolute Gasteiger partial charge is 0.453 e. The molecule has 3 heterocycles. The highest BCUT2D eigenvalue weighted by molar-refractivity contribution is 6.03. The predicted octanol–water partition coefficient (Wildman–Crippen LogP) is 3.42. The Kier molecular flexibility index (Phi) is 7.81. The van der Waals surface area contributed by atoms with E-state index in [9.17, 15) is 19.5 Å². The molecule has 0 aliphatic heterocycles. The van der Waals surface area contributed by atoms with Gasteiger partial charge in [-0.1, -0.05) is 0 Å². The van der Waals surface area contributed by atoms with Crippen LogP contribution in [-0.2, 0) is 0 Å². The number of hydrogen-bond acceptors (Lipinski definition) is 8. The van der Waals surface area contributed by atoms with Crippen molar-refractivity contribution in [3.05, 3.63) is 68.9 Å². The van der Waals surface area contributed by atoms with Crippen molar-refractivity contribution in [1.82, 2.24) is 24.3 Å². The molecule has 3 aromatic heterocycles. The van der Waals surface area contributed by atoms with Crippen molar-refractivity contribution in [3.8, 4) is 11.5 Å². The second kappa shape index (κ2) is 11.1. The number of amides is 1. The molecule has 12 nitrogen and oxygen atoms in total. The lowest BCUT2D eigenvalue weighted by atomic mass is 10.2. The topological polar surface area (TPSA) is 156 Å². The van der Waals surface area contributed by atoms with E-state index in [4.69, 9.17) is 4.74 Å². The van der Waals surface area contributed by atoms with E-state index in [2.05, 4.69) is 25.8 Å². The van der Waals surface area contributed by atoms with Gasteiger partial charge in [-0.3, -0.25) is 23.8 Å². The van der Waals surface area contributed by atoms with Crippen LogP contribution in [0.4, 0.5) is 15.9 Å². The molecule has 4 aromatic rings. The smallest absolute Gasteiger partial charge is 0.331 e. The monoisotopic (exact) mass is 539 g/mol. The second-order valence-corrected chi connectivity index (χ2v) is 9.63. The van der Waals surface area contributed by atoms with Crippen molar-refractivity contribution in [3.63, 3.8) is 0 Å². The molecule has 0 aliphatic rings. The molecule has 1 amide bonds. The normalized spacial score (nSPS) is 12.2. The van der Waals surface area contributed by atoms with Gasteiger partial charge in [-0.15, -0.1) is 0 Å². The third-order valence-electron chi connectivity index (χ3n) is 5.95. The van der Waals surface area contributed by atoms with Crippen LogP contribution in [0.5, 0.6) is 11.5 Å². The SMILES string of the molecule is CC(C)n1cc(C(=O)Nc2ccc(Oc3ccnc4[nH]nc(N[C@H](C)CO)c34)c(F)c2)c(=O)n(C(C)C)c1=O. The summed E-state index contributed by atoms with van der Waals surface area (Å²) in [4.78, 5) is 42.8. The summed E-state index contributed by atoms with van der Waals surface area (Å²) in [5.41, 5.74) is -0.995. The minimum absolute atomic E-state index is 0.0879. The molecule has 0 aliphatic carbocycles. The highest BCUT2D eigenvalue weighted by Crippen LogP contribution is 2.34. The minimum atomic E-state index is -0.778. The minimum Gasteiger partial charge on any atom is -0.453 e. The summed E-state index contributed by atoms with van der Waals surface area (Å²) in [5.74, 6) is -1.03. The van der Waals surface area contributed by atoms with Crippen LogP contribution < -0.4 is 26.6 Å². The van der Waals surface area contributed by atoms with E-state index in [1.165, 1.54) is 29.1 Å². The Morgan fingerprint density at radius 3 is 2.51 bits per heavy atom. The molecule has 1 aromatic carbocycles. The number of aliphatic hydroxyl groups excluding tert-OH is 1. The van der Waals surface area contributed by atoms with Crippen LogP contribution in [-0.4, -0.2) is 48.0 Å². The number of nitrogens with zero attached hydrogens (tertiary/aromatic N) is 4. The first kappa shape index (κ1) is 27.5. The lowest BCUT2D eigenvalue weighted by Gasteiger charge is -2.17. The first-order chi connectivity index (χ1) is 18.5. The summed E-state index contributed by atoms with van der Waals surface area (Å²) in [6.45, 7) is 8.51. The Labute approximate surface area is 222 Å². The zero-order chi connectivity index (χ0) is 28.4. The molecule has 0 unspecified atom stereocenters. The van der Waals surface area contributed by atoms with Crippen molar-refractivity contribution < 1.29 is 19.0 Å². The number of H-pyrrole nitrogens is 1. The number of carbonyl (C=O) groups is 1. The quantitative estimate of drug-likeness (QED) is 0.252. The highest BCUT2D eigenvalue weighted by atomic mass is 19.1. The second-order valence-electron chi connectivity index (χ2n) is 9.63. The molecule has 39 heavy (non-hydrogen) atoms. The van der Waals surface area contributed by atoms with Gasteiger partial charge in [0.25, 0.3) is 11.5 Å². The van der Waals surface area contributed by atoms with Crippen molar-refractivity contribution >= 4 is 28.4 Å². The van der Waals surface area contributed by atoms with Crippen LogP contribution in [0.3, 0.4) is 0 Å². The number of pyridine rings is 1. The molecular weight excluding hydrogens is 509 g/mol. The van der Waals surface area contributed by atoms with Gasteiger partial charge in [0.1, 0.15) is 16.7 Å². The van der Waals surface area contributed by atoms with E-state index in [-0.39, 0.29) is 41.4 Å². The number of ether oxygens (including phenoxy) is 1. The molecule has 0 fully saturated rings. The molecule has 1 atom stereocenters. The molecule has 0 bridgehead atoms. The number of benzene rings is 1. The van der Waals surface area contributed by atoms with E-state index in [0.29, 0.717) is 16.9 Å². The summed E-state index contributed by atoms with van der Waals surface area (Å²) in [7, 11) is 0. The van der Waals surface area contributed by atoms with Crippen molar-refractivity contribution in [2.45, 2.75) is 52.7 Å². The van der Waals surface area contributed by atoms with Crippen molar-refractivity contribution in [2.75, 3.05) is 17.2 Å². The predicted molar refractivity (Wildman–Crippen MR) is 144 cm³/mol. The molecule has 4 rings (SSSR count). The number of halogens is 1. The third-order valence-corrected chi connectivity index (χ3v) is 5.95. The number of aromatic nitrogens is 5. The fourth-order valence-electron chi connectivity index (χ4n) is 3.94. The summed E-state index contributed by atoms with van der Waals surface area (Å²) in [6, 6.07) is 4.32. The molecule has 13 heteroatoms. The van der Waals surface area contributed by atoms with E-state index in [0.717, 1.165) is 10.6 Å². The van der Waals surface area contributed by atoms with Gasteiger partial charge in [-0.25, -0.2) is 14.2 Å². The van der Waals surface area contributed by atoms with Crippen molar-refractivity contribution in [2.24, 2.45) is 0 Å². The summed E-state index contributed by atoms with van der Waals surface area (Å²) >= 11 is 0. The van der Waals surface area contributed by atoms with E-state index < -0.39 is 29.0 Å². The zero-order valence-electron chi connectivity index (χ0n) is 22.2. The Morgan fingerprint density at radius 1 is 1.13 bits per heavy atom. The molecule has 0 saturated carbocycles. The standard InChI is InChI=1S/C26H30FN7O5/c1-13(2)33-11-17(25(37)34(14(3)4)26(33)38)24(36)30-16-6-7-19(18(27)10-16)39-20-8-9-28-22-21(20)23(32-31-22)29-15(5)12-35/h6-11,13-15,35H,12H2,1-5H3,(H,30,36)(H2,28,29,31,32)/t15-/m1/s1. The van der Waals surface area contributed by atoms with Crippen LogP contribution in [0.2, 0.25) is 0 Å². The number of anilines is 2. The lowest BCUT2D eigenvalue weighted by molar-refractivity contribution is 0.102. The molecule has 206 valence electrons. The summed E-state index contributed by atoms with van der Waals surface area (Å²) < 4.78 is 23.2. The van der Waals surface area contributed by atoms with E-state index in [1.54, 1.807) is 40.7 Å². The van der Waals surface area contributed by atoms with Crippen LogP contribution in [0.25, 0.3) is 11.0 Å². The number of aromatic amines is 1. The van der Waals surface area contributed by atoms with Gasteiger partial charge in [-0.05, 0) is 46.8 Å². The maximum Gasteiger partial charge on any atom is 0.331 e. The van der Waals surface area contributed by atoms with Gasteiger partial charge in [0.05, 0.1) is 6.61 Å². The zero-order valence-corrected chi connectivity index (χ0v) is 22.2. The van der Waals surface area contributed by atoms with Gasteiger partial charge in [0.15, 0.2) is 23.0 Å². The molecule has 0 radical (unpaired) electrons. The van der Waals surface area contributed by atoms with E-state index >= 15 is 4.39 Å².